The molecule has 0 radical (unpaired) electrons. The van der Waals surface area contributed by atoms with Gasteiger partial charge in [0.2, 0.25) is 0 Å². The van der Waals surface area contributed by atoms with Crippen molar-refractivity contribution in [1.82, 2.24) is 14.9 Å². The number of nitrogens with two attached hydrogens (primary N) is 1. The fraction of sp³-hybridized carbons (Fsp3) is 0.409. The monoisotopic (exact) mass is 432 g/mol. The normalized spacial score (nSPS) is 17.0. The van der Waals surface area contributed by atoms with Gasteiger partial charge in [0.1, 0.15) is 5.69 Å². The van der Waals surface area contributed by atoms with E-state index in [4.69, 9.17) is 5.73 Å². The average molecular weight is 432 g/mol. The second-order valence-corrected chi connectivity index (χ2v) is 7.54. The topological polar surface area (TPSA) is 70.6 Å². The summed E-state index contributed by atoms with van der Waals surface area (Å²) in [5, 5.41) is 0. The number of halogens is 3. The van der Waals surface area contributed by atoms with E-state index in [2.05, 4.69) is 24.8 Å². The summed E-state index contributed by atoms with van der Waals surface area (Å²) in [5.74, 6) is 0.680. The maximum atomic E-state index is 12.9. The molecule has 0 amide bonds. The van der Waals surface area contributed by atoms with Gasteiger partial charge in [0.15, 0.2) is 5.82 Å². The molecule has 2 N–H and O–H groups in total. The second kappa shape index (κ2) is 9.47. The van der Waals surface area contributed by atoms with Gasteiger partial charge in [0.05, 0.1) is 5.56 Å². The standard InChI is InChI=1S/C22H27F3N6/c1-15(26)19(16(2)27-3)14-30-10-12-31(13-11-30)21-20(28-8-9-29-21)17-4-6-18(7-5-17)22(23,24)25/h4-9H,10-14,26H2,1-3H3/b19-15-,27-16?. The van der Waals surface area contributed by atoms with E-state index >= 15 is 0 Å². The Kier molecular flexibility index (Phi) is 6.94. The zero-order chi connectivity index (χ0) is 22.6. The number of hydrogen-bond acceptors (Lipinski definition) is 6. The number of allylic oxidation sites excluding steroid dienone is 1. The minimum atomic E-state index is -4.37. The largest absolute Gasteiger partial charge is 0.416 e. The van der Waals surface area contributed by atoms with Crippen LogP contribution in [-0.2, 0) is 6.18 Å². The molecule has 3 rings (SSSR count). The maximum Gasteiger partial charge on any atom is 0.416 e. The fourth-order valence-corrected chi connectivity index (χ4v) is 3.58. The van der Waals surface area contributed by atoms with E-state index in [0.29, 0.717) is 17.1 Å². The molecular formula is C22H27F3N6. The van der Waals surface area contributed by atoms with Crippen molar-refractivity contribution in [2.75, 3.05) is 44.7 Å². The van der Waals surface area contributed by atoms with Crippen molar-refractivity contribution in [1.29, 1.82) is 0 Å². The Morgan fingerprint density at radius 1 is 1.03 bits per heavy atom. The number of rotatable bonds is 5. The summed E-state index contributed by atoms with van der Waals surface area (Å²) in [5.41, 5.74) is 9.29. The van der Waals surface area contributed by atoms with Crippen LogP contribution in [0.3, 0.4) is 0 Å². The van der Waals surface area contributed by atoms with Crippen LogP contribution in [-0.4, -0.2) is 60.4 Å². The molecule has 6 nitrogen and oxygen atoms in total. The molecule has 9 heteroatoms. The van der Waals surface area contributed by atoms with Crippen LogP contribution < -0.4 is 10.6 Å². The summed E-state index contributed by atoms with van der Waals surface area (Å²) in [6.07, 6.45) is -1.20. The first-order valence-electron chi connectivity index (χ1n) is 10.1. The van der Waals surface area contributed by atoms with Gasteiger partial charge in [-0.25, -0.2) is 4.98 Å². The van der Waals surface area contributed by atoms with E-state index in [9.17, 15) is 13.2 Å². The van der Waals surface area contributed by atoms with E-state index in [1.165, 1.54) is 12.1 Å². The fourth-order valence-electron chi connectivity index (χ4n) is 3.58. The Bertz CT molecular complexity index is 954. The van der Waals surface area contributed by atoms with Crippen molar-refractivity contribution in [3.05, 3.63) is 53.5 Å². The molecule has 0 spiro atoms. The number of nitrogens with zero attached hydrogens (tertiary/aromatic N) is 5. The Labute approximate surface area is 180 Å². The molecule has 2 aromatic rings. The molecule has 0 unspecified atom stereocenters. The van der Waals surface area contributed by atoms with Crippen LogP contribution in [0.1, 0.15) is 19.4 Å². The Morgan fingerprint density at radius 3 is 2.19 bits per heavy atom. The molecule has 0 aliphatic carbocycles. The predicted octanol–water partition coefficient (Wildman–Crippen LogP) is 3.61. The lowest BCUT2D eigenvalue weighted by Gasteiger charge is -2.36. The van der Waals surface area contributed by atoms with Crippen molar-refractivity contribution in [3.8, 4) is 11.3 Å². The molecular weight excluding hydrogens is 405 g/mol. The van der Waals surface area contributed by atoms with Gasteiger partial charge in [0.25, 0.3) is 0 Å². The van der Waals surface area contributed by atoms with Crippen LogP contribution in [0.25, 0.3) is 11.3 Å². The van der Waals surface area contributed by atoms with Gasteiger partial charge < -0.3 is 10.6 Å². The number of aliphatic imine (C=N–C) groups is 1. The molecule has 1 aromatic carbocycles. The lowest BCUT2D eigenvalue weighted by atomic mass is 10.1. The smallest absolute Gasteiger partial charge is 0.402 e. The summed E-state index contributed by atoms with van der Waals surface area (Å²) in [6, 6.07) is 5.04. The molecule has 2 heterocycles. The quantitative estimate of drug-likeness (QED) is 0.731. The first kappa shape index (κ1) is 22.7. The van der Waals surface area contributed by atoms with Gasteiger partial charge in [-0.15, -0.1) is 0 Å². The molecule has 0 bridgehead atoms. The van der Waals surface area contributed by atoms with Crippen LogP contribution in [0.2, 0.25) is 0 Å². The van der Waals surface area contributed by atoms with Crippen LogP contribution in [0.5, 0.6) is 0 Å². The number of piperazine rings is 1. The molecule has 1 aliphatic heterocycles. The summed E-state index contributed by atoms with van der Waals surface area (Å²) < 4.78 is 38.6. The first-order valence-corrected chi connectivity index (χ1v) is 10.1. The summed E-state index contributed by atoms with van der Waals surface area (Å²) in [6.45, 7) is 7.63. The highest BCUT2D eigenvalue weighted by molar-refractivity contribution is 5.99. The maximum absolute atomic E-state index is 12.9. The van der Waals surface area contributed by atoms with E-state index in [0.717, 1.165) is 61.8 Å². The number of alkyl halides is 3. The van der Waals surface area contributed by atoms with E-state index in [1.807, 2.05) is 13.8 Å². The average Bonchev–Trinajstić information content (AvgIpc) is 2.76. The Hall–Kier alpha value is -2.94. The number of anilines is 1. The molecule has 0 saturated carbocycles. The van der Waals surface area contributed by atoms with Gasteiger partial charge in [-0.1, -0.05) is 12.1 Å². The Morgan fingerprint density at radius 2 is 1.65 bits per heavy atom. The SMILES string of the molecule is CN=C(C)/C(CN1CCN(c2nccnc2-c2ccc(C(F)(F)F)cc2)CC1)=C(/C)N. The zero-order valence-corrected chi connectivity index (χ0v) is 17.9. The number of hydrogen-bond donors (Lipinski definition) is 1. The zero-order valence-electron chi connectivity index (χ0n) is 17.9. The van der Waals surface area contributed by atoms with Gasteiger partial charge in [0, 0.05) is 74.7 Å². The van der Waals surface area contributed by atoms with Gasteiger partial charge in [-0.05, 0) is 26.0 Å². The highest BCUT2D eigenvalue weighted by Crippen LogP contribution is 2.32. The summed E-state index contributed by atoms with van der Waals surface area (Å²) >= 11 is 0. The molecule has 1 saturated heterocycles. The second-order valence-electron chi connectivity index (χ2n) is 7.54. The molecule has 1 aliphatic rings. The van der Waals surface area contributed by atoms with Crippen molar-refractivity contribution in [2.24, 2.45) is 10.7 Å². The summed E-state index contributed by atoms with van der Waals surface area (Å²) in [7, 11) is 1.76. The number of aromatic nitrogens is 2. The van der Waals surface area contributed by atoms with Crippen molar-refractivity contribution >= 4 is 11.5 Å². The molecule has 1 fully saturated rings. The van der Waals surface area contributed by atoms with Gasteiger partial charge in [-0.3, -0.25) is 14.9 Å². The van der Waals surface area contributed by atoms with Crippen LogP contribution in [0.15, 0.2) is 52.9 Å². The molecule has 1 aromatic heterocycles. The molecule has 166 valence electrons. The third kappa shape index (κ3) is 5.41. The lowest BCUT2D eigenvalue weighted by Crippen LogP contribution is -2.48. The van der Waals surface area contributed by atoms with Crippen molar-refractivity contribution in [3.63, 3.8) is 0 Å². The number of benzene rings is 1. The Balaban J connectivity index is 1.74. The predicted molar refractivity (Wildman–Crippen MR) is 117 cm³/mol. The third-order valence-corrected chi connectivity index (χ3v) is 5.47. The van der Waals surface area contributed by atoms with Crippen LogP contribution in [0, 0.1) is 0 Å². The minimum Gasteiger partial charge on any atom is -0.402 e. The first-order chi connectivity index (χ1) is 14.7. The van der Waals surface area contributed by atoms with E-state index in [-0.39, 0.29) is 0 Å². The highest BCUT2D eigenvalue weighted by atomic mass is 19.4. The van der Waals surface area contributed by atoms with Gasteiger partial charge >= 0.3 is 6.18 Å². The highest BCUT2D eigenvalue weighted by Gasteiger charge is 2.30. The van der Waals surface area contributed by atoms with Gasteiger partial charge in [-0.2, -0.15) is 13.2 Å². The van der Waals surface area contributed by atoms with E-state index in [1.54, 1.807) is 19.4 Å². The van der Waals surface area contributed by atoms with Crippen molar-refractivity contribution < 1.29 is 13.2 Å². The third-order valence-electron chi connectivity index (χ3n) is 5.47. The minimum absolute atomic E-state index is 0.581. The van der Waals surface area contributed by atoms with Crippen molar-refractivity contribution in [2.45, 2.75) is 20.0 Å². The van der Waals surface area contributed by atoms with Crippen LogP contribution in [0.4, 0.5) is 19.0 Å². The van der Waals surface area contributed by atoms with E-state index < -0.39 is 11.7 Å². The summed E-state index contributed by atoms with van der Waals surface area (Å²) in [4.78, 5) is 17.6. The van der Waals surface area contributed by atoms with Crippen LogP contribution >= 0.6 is 0 Å². The lowest BCUT2D eigenvalue weighted by molar-refractivity contribution is -0.137. The molecule has 0 atom stereocenters. The molecule has 31 heavy (non-hydrogen) atoms.